The number of carbonyl (C=O) groups is 1. The van der Waals surface area contributed by atoms with Gasteiger partial charge in [-0.2, -0.15) is 0 Å². The molecule has 0 aliphatic carbocycles. The summed E-state index contributed by atoms with van der Waals surface area (Å²) in [5, 5.41) is 87.9. The number of aliphatic hydroxyl groups is 8. The van der Waals surface area contributed by atoms with Crippen LogP contribution in [-0.2, 0) is 23.7 Å². The van der Waals surface area contributed by atoms with E-state index in [0.29, 0.717) is 6.42 Å². The lowest BCUT2D eigenvalue weighted by atomic mass is 9.97. The van der Waals surface area contributed by atoms with Crippen LogP contribution in [-0.4, -0.2) is 140 Å². The minimum Gasteiger partial charge on any atom is -0.394 e. The number of amides is 1. The molecule has 0 aromatic carbocycles. The van der Waals surface area contributed by atoms with Crippen molar-refractivity contribution in [3.63, 3.8) is 0 Å². The van der Waals surface area contributed by atoms with Crippen molar-refractivity contribution in [1.82, 2.24) is 5.32 Å². The van der Waals surface area contributed by atoms with E-state index >= 15 is 0 Å². The van der Waals surface area contributed by atoms with E-state index in [4.69, 9.17) is 18.9 Å². The highest BCUT2D eigenvalue weighted by Gasteiger charge is 2.51. The lowest BCUT2D eigenvalue weighted by Gasteiger charge is -2.46. The zero-order valence-corrected chi connectivity index (χ0v) is 66.6. The van der Waals surface area contributed by atoms with Gasteiger partial charge in [-0.05, 0) is 44.9 Å². The van der Waals surface area contributed by atoms with Gasteiger partial charge in [0.15, 0.2) is 12.6 Å². The molecule has 0 saturated carbocycles. The van der Waals surface area contributed by atoms with E-state index in [-0.39, 0.29) is 18.9 Å². The second-order valence-corrected chi connectivity index (χ2v) is 31.7. The van der Waals surface area contributed by atoms with Gasteiger partial charge in [0.25, 0.3) is 0 Å². The number of allylic oxidation sites excluding steroid dienone is 3. The highest BCUT2D eigenvalue weighted by Crippen LogP contribution is 2.31. The van der Waals surface area contributed by atoms with Crippen LogP contribution in [0.2, 0.25) is 0 Å². The van der Waals surface area contributed by atoms with Crippen LogP contribution in [0.4, 0.5) is 0 Å². The Morgan fingerprint density at radius 2 is 0.618 bits per heavy atom. The van der Waals surface area contributed by atoms with Crippen molar-refractivity contribution in [2.24, 2.45) is 0 Å². The van der Waals surface area contributed by atoms with E-state index < -0.39 is 86.8 Å². The first-order valence-electron chi connectivity index (χ1n) is 44.6. The van der Waals surface area contributed by atoms with Crippen molar-refractivity contribution in [1.29, 1.82) is 0 Å². The first kappa shape index (κ1) is 96.5. The molecule has 0 aromatic rings. The van der Waals surface area contributed by atoms with Crippen molar-refractivity contribution in [2.45, 2.75) is 511 Å². The number of unbranched alkanes of at least 4 members (excludes halogenated alkanes) is 62. The maximum atomic E-state index is 13.4. The summed E-state index contributed by atoms with van der Waals surface area (Å²) in [4.78, 5) is 13.4. The molecule has 0 spiro atoms. The van der Waals surface area contributed by atoms with Crippen LogP contribution in [0, 0.1) is 0 Å². The Morgan fingerprint density at radius 3 is 0.931 bits per heavy atom. The van der Waals surface area contributed by atoms with Crippen molar-refractivity contribution >= 4 is 5.91 Å². The molecule has 2 fully saturated rings. The number of hydrogen-bond donors (Lipinski definition) is 9. The number of aliphatic hydroxyl groups excluding tert-OH is 8. The smallest absolute Gasteiger partial charge is 0.220 e. The maximum Gasteiger partial charge on any atom is 0.220 e. The second-order valence-electron chi connectivity index (χ2n) is 31.7. The summed E-state index contributed by atoms with van der Waals surface area (Å²) in [5.74, 6) is -0.229. The molecule has 12 atom stereocenters. The predicted molar refractivity (Wildman–Crippen MR) is 425 cm³/mol. The summed E-state index contributed by atoms with van der Waals surface area (Å²) in [6, 6.07) is -0.914. The fourth-order valence-corrected chi connectivity index (χ4v) is 15.1. The SMILES string of the molecule is CCCCCCCCCC/C=C\CCCCCCCCCCCCCCCCCCCCCCCCCC(=O)NC(COC1OC(CO)C(OC2OC(CO)C(O)C(O)C2O)C(O)C1O)C(O)/C=C/CCCCCCCCCCCCCCCCCCCCCCCCCCCCCCCCC. The maximum absolute atomic E-state index is 13.4. The van der Waals surface area contributed by atoms with Gasteiger partial charge < -0.3 is 65.1 Å². The van der Waals surface area contributed by atoms with Crippen molar-refractivity contribution in [2.75, 3.05) is 19.8 Å². The second kappa shape index (κ2) is 72.3. The Hall–Kier alpha value is -1.53. The zero-order chi connectivity index (χ0) is 73.7. The van der Waals surface area contributed by atoms with Crippen LogP contribution in [0.15, 0.2) is 24.3 Å². The van der Waals surface area contributed by atoms with Gasteiger partial charge in [-0.15, -0.1) is 0 Å². The normalized spacial score (nSPS) is 21.7. The molecular formula is C88H169NO13. The highest BCUT2D eigenvalue weighted by atomic mass is 16.7. The molecule has 2 heterocycles. The summed E-state index contributed by atoms with van der Waals surface area (Å²) in [6.45, 7) is 2.88. The third-order valence-corrected chi connectivity index (χ3v) is 22.1. The predicted octanol–water partition coefficient (Wildman–Crippen LogP) is 21.4. The van der Waals surface area contributed by atoms with Gasteiger partial charge in [-0.3, -0.25) is 4.79 Å². The molecule has 1 amide bonds. The molecule has 9 N–H and O–H groups in total. The quantitative estimate of drug-likeness (QED) is 0.0204. The van der Waals surface area contributed by atoms with Gasteiger partial charge in [0, 0.05) is 6.42 Å². The molecule has 604 valence electrons. The van der Waals surface area contributed by atoms with Crippen LogP contribution in [0.25, 0.3) is 0 Å². The molecule has 2 saturated heterocycles. The average Bonchev–Trinajstić information content (AvgIpc) is 0.790. The van der Waals surface area contributed by atoms with E-state index in [1.165, 1.54) is 372 Å². The summed E-state index contributed by atoms with van der Waals surface area (Å²) in [5.41, 5.74) is 0. The largest absolute Gasteiger partial charge is 0.394 e. The van der Waals surface area contributed by atoms with E-state index in [2.05, 4.69) is 31.3 Å². The van der Waals surface area contributed by atoms with Gasteiger partial charge in [0.05, 0.1) is 32.0 Å². The van der Waals surface area contributed by atoms with Gasteiger partial charge in [0.1, 0.15) is 48.8 Å². The number of nitrogens with one attached hydrogen (secondary N) is 1. The molecule has 14 heteroatoms. The summed E-state index contributed by atoms with van der Waals surface area (Å²) in [6.07, 6.45) is 78.7. The van der Waals surface area contributed by atoms with Gasteiger partial charge in [-0.1, -0.05) is 411 Å². The van der Waals surface area contributed by atoms with Crippen LogP contribution in [0.3, 0.4) is 0 Å². The van der Waals surface area contributed by atoms with E-state index in [0.717, 1.165) is 38.5 Å². The Morgan fingerprint density at radius 1 is 0.343 bits per heavy atom. The highest BCUT2D eigenvalue weighted by molar-refractivity contribution is 5.76. The summed E-state index contributed by atoms with van der Waals surface area (Å²) < 4.78 is 23.0. The molecule has 0 bridgehead atoms. The van der Waals surface area contributed by atoms with Crippen LogP contribution in [0.1, 0.15) is 438 Å². The Bertz CT molecular complexity index is 1810. The Balaban J connectivity index is 1.57. The monoisotopic (exact) mass is 1450 g/mol. The molecular weight excluding hydrogens is 1280 g/mol. The summed E-state index contributed by atoms with van der Waals surface area (Å²) in [7, 11) is 0. The van der Waals surface area contributed by atoms with Gasteiger partial charge in [0.2, 0.25) is 5.91 Å². The fourth-order valence-electron chi connectivity index (χ4n) is 15.1. The number of carbonyl (C=O) groups excluding carboxylic acids is 1. The van der Waals surface area contributed by atoms with E-state index in [1.807, 2.05) is 6.08 Å². The van der Waals surface area contributed by atoms with Crippen LogP contribution in [0.5, 0.6) is 0 Å². The summed E-state index contributed by atoms with van der Waals surface area (Å²) >= 11 is 0. The average molecular weight is 1450 g/mol. The minimum atomic E-state index is -1.79. The lowest BCUT2D eigenvalue weighted by molar-refractivity contribution is -0.359. The van der Waals surface area contributed by atoms with Crippen LogP contribution < -0.4 is 5.32 Å². The Labute approximate surface area is 628 Å². The van der Waals surface area contributed by atoms with Gasteiger partial charge >= 0.3 is 0 Å². The topological polar surface area (TPSA) is 228 Å². The molecule has 14 nitrogen and oxygen atoms in total. The first-order valence-corrected chi connectivity index (χ1v) is 44.6. The third-order valence-electron chi connectivity index (χ3n) is 22.1. The fraction of sp³-hybridized carbons (Fsp3) is 0.943. The van der Waals surface area contributed by atoms with Crippen molar-refractivity contribution < 1.29 is 64.6 Å². The minimum absolute atomic E-state index is 0.229. The van der Waals surface area contributed by atoms with Gasteiger partial charge in [-0.25, -0.2) is 0 Å². The number of ether oxygens (including phenoxy) is 4. The first-order chi connectivity index (χ1) is 50.1. The number of rotatable bonds is 77. The molecule has 102 heavy (non-hydrogen) atoms. The van der Waals surface area contributed by atoms with Crippen molar-refractivity contribution in [3.05, 3.63) is 24.3 Å². The molecule has 0 radical (unpaired) electrons. The van der Waals surface area contributed by atoms with E-state index in [1.54, 1.807) is 6.08 Å². The molecule has 2 rings (SSSR count). The van der Waals surface area contributed by atoms with Crippen LogP contribution >= 0.6 is 0 Å². The third kappa shape index (κ3) is 54.1. The van der Waals surface area contributed by atoms with Crippen molar-refractivity contribution in [3.8, 4) is 0 Å². The molecule has 2 aliphatic rings. The molecule has 2 aliphatic heterocycles. The molecule has 12 unspecified atom stereocenters. The molecule has 0 aromatic heterocycles. The standard InChI is InChI=1S/C88H169NO13/c1-3-5-7-9-11-13-15-17-19-21-23-25-27-29-31-33-35-37-38-40-42-44-46-48-50-52-54-56-58-60-62-64-66-68-70-72-80(93)89-76(75-99-87-85(98)83(96)86(79(74-91)101-87)102-88-84(97)82(95)81(94)78(73-90)100-88)77(92)71-69-67-65-63-61-59-57-55-53-51-49-47-45-43-41-39-36-34-32-30-28-26-24-22-20-18-16-14-12-10-8-6-4-2/h21,23,69,71,76-79,81-88,90-92,94-98H,3-20,22,24-68,70,72-75H2,1-2H3,(H,89,93)/b23-21-,71-69+. The Kier molecular flexibility index (Phi) is 68.5. The van der Waals surface area contributed by atoms with E-state index in [9.17, 15) is 45.6 Å². The lowest BCUT2D eigenvalue weighted by Crippen LogP contribution is -2.65. The zero-order valence-electron chi connectivity index (χ0n) is 66.6. The number of hydrogen-bond acceptors (Lipinski definition) is 13.